The van der Waals surface area contributed by atoms with E-state index in [1.165, 1.54) is 6.92 Å². The van der Waals surface area contributed by atoms with Gasteiger partial charge in [0.25, 0.3) is 0 Å². The summed E-state index contributed by atoms with van der Waals surface area (Å²) in [5, 5.41) is 36.8. The van der Waals surface area contributed by atoms with Gasteiger partial charge in [-0.2, -0.15) is 0 Å². The minimum Gasteiger partial charge on any atom is -0.481 e. The number of H-pyrrole nitrogens is 1. The number of fused-ring (bicyclic) bond motifs is 1. The fraction of sp³-hybridized carbons (Fsp3) is 0.345. The van der Waals surface area contributed by atoms with Crippen LogP contribution < -0.4 is 21.7 Å². The van der Waals surface area contributed by atoms with Crippen molar-refractivity contribution in [1.29, 1.82) is 0 Å². The number of aliphatic hydroxyl groups excluding tert-OH is 1. The number of hydrogen-bond donors (Lipinski definition) is 8. The zero-order chi connectivity index (χ0) is 30.8. The van der Waals surface area contributed by atoms with Crippen LogP contribution in [0.3, 0.4) is 0 Å². The van der Waals surface area contributed by atoms with Crippen molar-refractivity contribution < 1.29 is 39.3 Å². The molecule has 0 bridgehead atoms. The van der Waals surface area contributed by atoms with Gasteiger partial charge in [-0.1, -0.05) is 48.5 Å². The summed E-state index contributed by atoms with van der Waals surface area (Å²) in [5.74, 6) is -5.15. The Labute approximate surface area is 241 Å². The van der Waals surface area contributed by atoms with E-state index in [0.717, 1.165) is 16.5 Å². The topological polar surface area (TPSA) is 224 Å². The molecule has 9 N–H and O–H groups in total. The molecule has 0 radical (unpaired) electrons. The summed E-state index contributed by atoms with van der Waals surface area (Å²) in [6.45, 7) is 1.29. The second kappa shape index (κ2) is 14.8. The number of hydrogen-bond acceptors (Lipinski definition) is 7. The van der Waals surface area contributed by atoms with Crippen molar-refractivity contribution in [1.82, 2.24) is 20.9 Å². The molecule has 1 aromatic heterocycles. The molecule has 0 spiro atoms. The number of carbonyl (C=O) groups excluding carboxylic acids is 3. The van der Waals surface area contributed by atoms with E-state index in [1.54, 1.807) is 36.5 Å². The highest BCUT2D eigenvalue weighted by Gasteiger charge is 2.33. The number of nitrogens with two attached hydrogens (primary N) is 1. The molecule has 5 unspecified atom stereocenters. The molecule has 13 nitrogen and oxygen atoms in total. The summed E-state index contributed by atoms with van der Waals surface area (Å²) in [6.07, 6.45) is -0.410. The Morgan fingerprint density at radius 2 is 1.48 bits per heavy atom. The molecule has 224 valence electrons. The number of carboxylic acids is 2. The van der Waals surface area contributed by atoms with E-state index in [0.29, 0.717) is 5.56 Å². The molecule has 3 amide bonds. The van der Waals surface area contributed by atoms with Crippen LogP contribution >= 0.6 is 0 Å². The Morgan fingerprint density at radius 1 is 0.833 bits per heavy atom. The van der Waals surface area contributed by atoms with Gasteiger partial charge in [0, 0.05) is 29.9 Å². The molecule has 3 rings (SSSR count). The number of carbonyl (C=O) groups is 5. The fourth-order valence-corrected chi connectivity index (χ4v) is 4.41. The second-order valence-electron chi connectivity index (χ2n) is 9.98. The van der Waals surface area contributed by atoms with Gasteiger partial charge < -0.3 is 42.0 Å². The summed E-state index contributed by atoms with van der Waals surface area (Å²) in [4.78, 5) is 65.0. The highest BCUT2D eigenvalue weighted by atomic mass is 16.4. The molecule has 0 aliphatic rings. The van der Waals surface area contributed by atoms with E-state index >= 15 is 0 Å². The molecule has 0 aliphatic heterocycles. The maximum Gasteiger partial charge on any atom is 0.326 e. The van der Waals surface area contributed by atoms with E-state index in [4.69, 9.17) is 10.8 Å². The third kappa shape index (κ3) is 8.88. The van der Waals surface area contributed by atoms with Gasteiger partial charge in [0.15, 0.2) is 0 Å². The predicted octanol–water partition coefficient (Wildman–Crippen LogP) is 0.0650. The SMILES string of the molecule is CC(O)C(NC(=O)C(N)Cc1c[nH]c2ccccc12)C(=O)NC(Cc1ccccc1)C(=O)NC(CCC(=O)O)C(=O)O. The first-order valence-corrected chi connectivity index (χ1v) is 13.3. The van der Waals surface area contributed by atoms with Gasteiger partial charge in [0.2, 0.25) is 17.7 Å². The molecule has 0 saturated carbocycles. The lowest BCUT2D eigenvalue weighted by Gasteiger charge is -2.26. The average Bonchev–Trinajstić information content (AvgIpc) is 3.35. The maximum atomic E-state index is 13.3. The van der Waals surface area contributed by atoms with Crippen molar-refractivity contribution in [3.63, 3.8) is 0 Å². The third-order valence-electron chi connectivity index (χ3n) is 6.69. The lowest BCUT2D eigenvalue weighted by atomic mass is 10.0. The van der Waals surface area contributed by atoms with Gasteiger partial charge in [-0.05, 0) is 37.0 Å². The molecule has 13 heteroatoms. The number of carboxylic acid groups (broad SMARTS) is 2. The molecule has 42 heavy (non-hydrogen) atoms. The fourth-order valence-electron chi connectivity index (χ4n) is 4.41. The molecule has 0 fully saturated rings. The lowest BCUT2D eigenvalue weighted by molar-refractivity contribution is -0.143. The molecule has 3 aromatic rings. The molecular weight excluding hydrogens is 546 g/mol. The number of para-hydroxylation sites is 1. The van der Waals surface area contributed by atoms with Crippen LogP contribution in [0.25, 0.3) is 10.9 Å². The maximum absolute atomic E-state index is 13.3. The average molecular weight is 582 g/mol. The Morgan fingerprint density at radius 3 is 2.12 bits per heavy atom. The smallest absolute Gasteiger partial charge is 0.326 e. The van der Waals surface area contributed by atoms with Gasteiger partial charge in [-0.3, -0.25) is 19.2 Å². The first kappa shape index (κ1) is 31.8. The Bertz CT molecular complexity index is 1410. The van der Waals surface area contributed by atoms with E-state index in [9.17, 15) is 34.2 Å². The van der Waals surface area contributed by atoms with Crippen LogP contribution in [0, 0.1) is 0 Å². The Kier molecular flexibility index (Phi) is 11.2. The number of benzene rings is 2. The van der Waals surface area contributed by atoms with Gasteiger partial charge in [-0.25, -0.2) is 4.79 Å². The largest absolute Gasteiger partial charge is 0.481 e. The second-order valence-corrected chi connectivity index (χ2v) is 9.98. The van der Waals surface area contributed by atoms with Crippen molar-refractivity contribution in [3.05, 3.63) is 71.9 Å². The number of aromatic amines is 1. The van der Waals surface area contributed by atoms with Crippen molar-refractivity contribution in [3.8, 4) is 0 Å². The summed E-state index contributed by atoms with van der Waals surface area (Å²) >= 11 is 0. The summed E-state index contributed by atoms with van der Waals surface area (Å²) in [7, 11) is 0. The molecule has 2 aromatic carbocycles. The van der Waals surface area contributed by atoms with Gasteiger partial charge in [0.05, 0.1) is 12.1 Å². The van der Waals surface area contributed by atoms with Crippen LogP contribution in [-0.2, 0) is 36.8 Å². The summed E-state index contributed by atoms with van der Waals surface area (Å²) in [5.41, 5.74) is 8.43. The number of aromatic nitrogens is 1. The van der Waals surface area contributed by atoms with Crippen LogP contribution in [0.5, 0.6) is 0 Å². The monoisotopic (exact) mass is 581 g/mol. The highest BCUT2D eigenvalue weighted by molar-refractivity contribution is 5.95. The van der Waals surface area contributed by atoms with Crippen LogP contribution in [0.1, 0.15) is 30.9 Å². The zero-order valence-electron chi connectivity index (χ0n) is 22.9. The highest BCUT2D eigenvalue weighted by Crippen LogP contribution is 2.19. The number of nitrogens with one attached hydrogen (secondary N) is 4. The lowest BCUT2D eigenvalue weighted by Crippen LogP contribution is -2.60. The number of amides is 3. The molecule has 5 atom stereocenters. The standard InChI is InChI=1S/C29H35N5O8/c1-16(35)25(34-26(38)20(30)14-18-15-31-21-10-6-5-9-19(18)21)28(40)33-23(13-17-7-3-2-4-8-17)27(39)32-22(29(41)42)11-12-24(36)37/h2-10,15-16,20,22-23,25,31,35H,11-14,30H2,1H3,(H,32,39)(H,33,40)(H,34,38)(H,36,37)(H,41,42). The van der Waals surface area contributed by atoms with Crippen molar-refractivity contribution in [2.45, 2.75) is 62.9 Å². The van der Waals surface area contributed by atoms with E-state index < -0.39 is 66.4 Å². The summed E-state index contributed by atoms with van der Waals surface area (Å²) < 4.78 is 0. The summed E-state index contributed by atoms with van der Waals surface area (Å²) in [6, 6.07) is 10.7. The Hall–Kier alpha value is -4.75. The first-order chi connectivity index (χ1) is 20.0. The van der Waals surface area contributed by atoms with Crippen LogP contribution in [-0.4, -0.2) is 80.2 Å². The van der Waals surface area contributed by atoms with Crippen LogP contribution in [0.2, 0.25) is 0 Å². The van der Waals surface area contributed by atoms with Crippen LogP contribution in [0.15, 0.2) is 60.8 Å². The van der Waals surface area contributed by atoms with Crippen molar-refractivity contribution in [2.75, 3.05) is 0 Å². The van der Waals surface area contributed by atoms with Gasteiger partial charge >= 0.3 is 11.9 Å². The van der Waals surface area contributed by atoms with E-state index in [1.807, 2.05) is 24.3 Å². The molecule has 0 aliphatic carbocycles. The quantitative estimate of drug-likeness (QED) is 0.121. The number of aliphatic carboxylic acids is 2. The predicted molar refractivity (Wildman–Crippen MR) is 152 cm³/mol. The molecule has 1 heterocycles. The van der Waals surface area contributed by atoms with Crippen molar-refractivity contribution >= 4 is 40.6 Å². The minimum absolute atomic E-state index is 0.0514. The first-order valence-electron chi connectivity index (χ1n) is 13.3. The van der Waals surface area contributed by atoms with E-state index in [2.05, 4.69) is 20.9 Å². The van der Waals surface area contributed by atoms with Crippen LogP contribution in [0.4, 0.5) is 0 Å². The van der Waals surface area contributed by atoms with Crippen molar-refractivity contribution in [2.24, 2.45) is 5.73 Å². The minimum atomic E-state index is -1.52. The molecular formula is C29H35N5O8. The van der Waals surface area contributed by atoms with Gasteiger partial charge in [-0.15, -0.1) is 0 Å². The zero-order valence-corrected chi connectivity index (χ0v) is 22.9. The third-order valence-corrected chi connectivity index (χ3v) is 6.69. The van der Waals surface area contributed by atoms with Gasteiger partial charge in [0.1, 0.15) is 18.1 Å². The Balaban J connectivity index is 1.73. The van der Waals surface area contributed by atoms with E-state index in [-0.39, 0.29) is 19.3 Å². The molecule has 0 saturated heterocycles. The number of aliphatic hydroxyl groups is 1. The number of rotatable bonds is 15. The normalized spacial score (nSPS) is 14.6.